The topological polar surface area (TPSA) is 15.3 Å². The monoisotopic (exact) mass is 232 g/mol. The van der Waals surface area contributed by atoms with Crippen LogP contribution in [0.3, 0.4) is 0 Å². The molecule has 2 rings (SSSR count). The molecule has 1 atom stereocenters. The molecule has 0 aliphatic carbocycles. The van der Waals surface area contributed by atoms with Crippen molar-refractivity contribution in [3.63, 3.8) is 0 Å². The molecule has 1 saturated heterocycles. The van der Waals surface area contributed by atoms with Crippen molar-refractivity contribution < 1.29 is 0 Å². The molecule has 1 aromatic carbocycles. The van der Waals surface area contributed by atoms with E-state index in [1.165, 1.54) is 17.5 Å². The Bertz CT molecular complexity index is 375. The van der Waals surface area contributed by atoms with Crippen molar-refractivity contribution in [1.29, 1.82) is 0 Å². The van der Waals surface area contributed by atoms with Gasteiger partial charge in [-0.2, -0.15) is 0 Å². The molecule has 0 saturated carbocycles. The highest BCUT2D eigenvalue weighted by molar-refractivity contribution is 5.22. The highest BCUT2D eigenvalue weighted by Crippen LogP contribution is 2.17. The lowest BCUT2D eigenvalue weighted by Gasteiger charge is -2.41. The van der Waals surface area contributed by atoms with Gasteiger partial charge in [0.25, 0.3) is 0 Å². The molecule has 0 aromatic heterocycles. The fraction of sp³-hybridized carbons (Fsp3) is 0.600. The first-order valence-electron chi connectivity index (χ1n) is 6.64. The number of nitrogens with zero attached hydrogens (tertiary/aromatic N) is 1. The molecule has 0 spiro atoms. The SMILES string of the molecule is CCC1(C)CN(Cc2cccc(C)c2)CCN1. The number of aryl methyl sites for hydroxylation is 1. The lowest BCUT2D eigenvalue weighted by atomic mass is 9.95. The molecule has 0 amide bonds. The molecule has 94 valence electrons. The van der Waals surface area contributed by atoms with Gasteiger partial charge in [0, 0.05) is 31.7 Å². The number of piperazine rings is 1. The minimum absolute atomic E-state index is 0.294. The van der Waals surface area contributed by atoms with Crippen LogP contribution in [-0.4, -0.2) is 30.1 Å². The maximum atomic E-state index is 3.63. The number of hydrogen-bond donors (Lipinski definition) is 1. The lowest BCUT2D eigenvalue weighted by Crippen LogP contribution is -2.58. The first kappa shape index (κ1) is 12.6. The van der Waals surface area contributed by atoms with E-state index in [0.717, 1.165) is 26.2 Å². The maximum absolute atomic E-state index is 3.63. The summed E-state index contributed by atoms with van der Waals surface area (Å²) in [7, 11) is 0. The smallest absolute Gasteiger partial charge is 0.0278 e. The van der Waals surface area contributed by atoms with Gasteiger partial charge < -0.3 is 5.32 Å². The van der Waals surface area contributed by atoms with Crippen LogP contribution in [0.1, 0.15) is 31.4 Å². The van der Waals surface area contributed by atoms with Crippen LogP contribution >= 0.6 is 0 Å². The average molecular weight is 232 g/mol. The molecule has 1 aromatic rings. The Morgan fingerprint density at radius 3 is 2.94 bits per heavy atom. The minimum atomic E-state index is 0.294. The van der Waals surface area contributed by atoms with E-state index in [0.29, 0.717) is 5.54 Å². The standard InChI is InChI=1S/C15H24N2/c1-4-15(3)12-17(9-8-16-15)11-14-7-5-6-13(2)10-14/h5-7,10,16H,4,8-9,11-12H2,1-3H3. The summed E-state index contributed by atoms with van der Waals surface area (Å²) in [4.78, 5) is 2.56. The summed E-state index contributed by atoms with van der Waals surface area (Å²) in [5.41, 5.74) is 3.09. The first-order chi connectivity index (χ1) is 8.11. The van der Waals surface area contributed by atoms with E-state index in [9.17, 15) is 0 Å². The van der Waals surface area contributed by atoms with Gasteiger partial charge in [-0.05, 0) is 25.8 Å². The molecular formula is C15H24N2. The van der Waals surface area contributed by atoms with Gasteiger partial charge in [-0.15, -0.1) is 0 Å². The van der Waals surface area contributed by atoms with Crippen LogP contribution < -0.4 is 5.32 Å². The van der Waals surface area contributed by atoms with Crippen molar-refractivity contribution >= 4 is 0 Å². The molecule has 1 aliphatic rings. The van der Waals surface area contributed by atoms with Crippen molar-refractivity contribution in [3.8, 4) is 0 Å². The average Bonchev–Trinajstić information content (AvgIpc) is 2.29. The molecule has 2 heteroatoms. The Kier molecular flexibility index (Phi) is 3.85. The Morgan fingerprint density at radius 1 is 1.41 bits per heavy atom. The summed E-state index contributed by atoms with van der Waals surface area (Å²) in [5.74, 6) is 0. The predicted molar refractivity (Wildman–Crippen MR) is 73.2 cm³/mol. The molecule has 17 heavy (non-hydrogen) atoms. The van der Waals surface area contributed by atoms with E-state index >= 15 is 0 Å². The molecule has 1 heterocycles. The van der Waals surface area contributed by atoms with Gasteiger partial charge in [-0.1, -0.05) is 36.8 Å². The zero-order valence-corrected chi connectivity index (χ0v) is 11.3. The fourth-order valence-electron chi connectivity index (χ4n) is 2.58. The summed E-state index contributed by atoms with van der Waals surface area (Å²) in [6.07, 6.45) is 1.19. The maximum Gasteiger partial charge on any atom is 0.0278 e. The van der Waals surface area contributed by atoms with Crippen LogP contribution in [-0.2, 0) is 6.54 Å². The van der Waals surface area contributed by atoms with Crippen molar-refractivity contribution in [3.05, 3.63) is 35.4 Å². The minimum Gasteiger partial charge on any atom is -0.309 e. The van der Waals surface area contributed by atoms with Crippen molar-refractivity contribution in [1.82, 2.24) is 10.2 Å². The number of benzene rings is 1. The second-order valence-corrected chi connectivity index (χ2v) is 5.54. The van der Waals surface area contributed by atoms with E-state index in [1.54, 1.807) is 0 Å². The molecule has 1 fully saturated rings. The van der Waals surface area contributed by atoms with Crippen LogP contribution in [0.25, 0.3) is 0 Å². The molecule has 2 nitrogen and oxygen atoms in total. The summed E-state index contributed by atoms with van der Waals surface area (Å²) in [5, 5.41) is 3.63. The summed E-state index contributed by atoms with van der Waals surface area (Å²) >= 11 is 0. The molecule has 1 N–H and O–H groups in total. The third-order valence-corrected chi connectivity index (χ3v) is 3.82. The Morgan fingerprint density at radius 2 is 2.24 bits per heavy atom. The van der Waals surface area contributed by atoms with Crippen LogP contribution in [0, 0.1) is 6.92 Å². The quantitative estimate of drug-likeness (QED) is 0.861. The second kappa shape index (κ2) is 5.19. The van der Waals surface area contributed by atoms with Gasteiger partial charge in [-0.25, -0.2) is 0 Å². The van der Waals surface area contributed by atoms with Crippen molar-refractivity contribution in [2.24, 2.45) is 0 Å². The van der Waals surface area contributed by atoms with Gasteiger partial charge in [0.05, 0.1) is 0 Å². The zero-order valence-electron chi connectivity index (χ0n) is 11.3. The van der Waals surface area contributed by atoms with E-state index in [4.69, 9.17) is 0 Å². The number of rotatable bonds is 3. The highest BCUT2D eigenvalue weighted by Gasteiger charge is 2.28. The summed E-state index contributed by atoms with van der Waals surface area (Å²) in [6.45, 7) is 11.3. The van der Waals surface area contributed by atoms with E-state index in [2.05, 4.69) is 55.3 Å². The first-order valence-corrected chi connectivity index (χ1v) is 6.64. The number of nitrogens with one attached hydrogen (secondary N) is 1. The second-order valence-electron chi connectivity index (χ2n) is 5.54. The Balaban J connectivity index is 1.99. The van der Waals surface area contributed by atoms with Gasteiger partial charge in [0.2, 0.25) is 0 Å². The molecular weight excluding hydrogens is 208 g/mol. The predicted octanol–water partition coefficient (Wildman–Crippen LogP) is 2.57. The van der Waals surface area contributed by atoms with Gasteiger partial charge in [0.1, 0.15) is 0 Å². The normalized spacial score (nSPS) is 26.1. The summed E-state index contributed by atoms with van der Waals surface area (Å²) in [6, 6.07) is 8.85. The van der Waals surface area contributed by atoms with Crippen LogP contribution in [0.15, 0.2) is 24.3 Å². The van der Waals surface area contributed by atoms with E-state index in [-0.39, 0.29) is 0 Å². The Labute approximate surface area is 105 Å². The molecule has 1 unspecified atom stereocenters. The zero-order chi connectivity index (χ0) is 12.3. The molecule has 0 bridgehead atoms. The fourth-order valence-corrected chi connectivity index (χ4v) is 2.58. The summed E-state index contributed by atoms with van der Waals surface area (Å²) < 4.78 is 0. The highest BCUT2D eigenvalue weighted by atomic mass is 15.2. The van der Waals surface area contributed by atoms with Crippen molar-refractivity contribution in [2.75, 3.05) is 19.6 Å². The number of hydrogen-bond acceptors (Lipinski definition) is 2. The van der Waals surface area contributed by atoms with Crippen LogP contribution in [0.4, 0.5) is 0 Å². The van der Waals surface area contributed by atoms with Gasteiger partial charge in [0.15, 0.2) is 0 Å². The Hall–Kier alpha value is -0.860. The molecule has 0 radical (unpaired) electrons. The third kappa shape index (κ3) is 3.30. The van der Waals surface area contributed by atoms with E-state index in [1.807, 2.05) is 0 Å². The van der Waals surface area contributed by atoms with Crippen LogP contribution in [0.2, 0.25) is 0 Å². The van der Waals surface area contributed by atoms with Crippen molar-refractivity contribution in [2.45, 2.75) is 39.3 Å². The van der Waals surface area contributed by atoms with Gasteiger partial charge in [-0.3, -0.25) is 4.90 Å². The van der Waals surface area contributed by atoms with E-state index < -0.39 is 0 Å². The van der Waals surface area contributed by atoms with Gasteiger partial charge >= 0.3 is 0 Å². The largest absolute Gasteiger partial charge is 0.309 e. The molecule has 1 aliphatic heterocycles. The van der Waals surface area contributed by atoms with Crippen LogP contribution in [0.5, 0.6) is 0 Å². The third-order valence-electron chi connectivity index (χ3n) is 3.82. The lowest BCUT2D eigenvalue weighted by molar-refractivity contribution is 0.133.